The van der Waals surface area contributed by atoms with Gasteiger partial charge in [-0.25, -0.2) is 13.1 Å². The van der Waals surface area contributed by atoms with Crippen LogP contribution in [0.1, 0.15) is 6.92 Å². The molecule has 7 heteroatoms. The molecule has 1 rings (SSSR count). The fraction of sp³-hybridized carbons (Fsp3) is 0.385. The molecule has 0 aliphatic rings. The fourth-order valence-corrected chi connectivity index (χ4v) is 2.26. The number of hydrogen-bond donors (Lipinski definition) is 3. The van der Waals surface area contributed by atoms with Crippen molar-refractivity contribution in [1.29, 1.82) is 0 Å². The molecule has 0 spiro atoms. The summed E-state index contributed by atoms with van der Waals surface area (Å²) in [6.45, 7) is 7.25. The topological polar surface area (TPSA) is 93.4 Å². The van der Waals surface area contributed by atoms with Gasteiger partial charge in [0.05, 0.1) is 29.5 Å². The maximum absolute atomic E-state index is 11.6. The van der Waals surface area contributed by atoms with Crippen LogP contribution in [-0.4, -0.2) is 35.2 Å². The Labute approximate surface area is 120 Å². The third kappa shape index (κ3) is 4.84. The number of hydrogen-bond acceptors (Lipinski definition) is 5. The van der Waals surface area contributed by atoms with E-state index >= 15 is 0 Å². The van der Waals surface area contributed by atoms with Crippen molar-refractivity contribution in [3.63, 3.8) is 0 Å². The van der Waals surface area contributed by atoms with E-state index in [4.69, 9.17) is 10.5 Å². The van der Waals surface area contributed by atoms with Gasteiger partial charge in [0.1, 0.15) is 0 Å². The van der Waals surface area contributed by atoms with Gasteiger partial charge in [0, 0.05) is 6.54 Å². The highest BCUT2D eigenvalue weighted by Crippen LogP contribution is 2.22. The summed E-state index contributed by atoms with van der Waals surface area (Å²) >= 11 is 0. The Hall–Kier alpha value is -1.57. The van der Waals surface area contributed by atoms with Crippen LogP contribution >= 0.6 is 0 Å². The lowest BCUT2D eigenvalue weighted by Gasteiger charge is -2.11. The van der Waals surface area contributed by atoms with Crippen molar-refractivity contribution >= 4 is 21.4 Å². The van der Waals surface area contributed by atoms with Crippen LogP contribution in [0.5, 0.6) is 0 Å². The monoisotopic (exact) mass is 299 g/mol. The van der Waals surface area contributed by atoms with Gasteiger partial charge in [0.25, 0.3) is 0 Å². The Morgan fingerprint density at radius 1 is 1.45 bits per heavy atom. The maximum atomic E-state index is 11.6. The molecule has 1 aromatic carbocycles. The SMILES string of the molecule is C=C(C)COCCNc1ccc(S(=O)(=O)NC)cc1N. The van der Waals surface area contributed by atoms with Crippen LogP contribution in [0, 0.1) is 0 Å². The Morgan fingerprint density at radius 3 is 2.70 bits per heavy atom. The zero-order valence-electron chi connectivity index (χ0n) is 11.8. The number of nitrogens with two attached hydrogens (primary N) is 1. The average molecular weight is 299 g/mol. The van der Waals surface area contributed by atoms with Gasteiger partial charge in [-0.3, -0.25) is 0 Å². The largest absolute Gasteiger partial charge is 0.397 e. The summed E-state index contributed by atoms with van der Waals surface area (Å²) < 4.78 is 30.8. The molecule has 0 atom stereocenters. The summed E-state index contributed by atoms with van der Waals surface area (Å²) in [4.78, 5) is 0.140. The van der Waals surface area contributed by atoms with Gasteiger partial charge in [0.15, 0.2) is 0 Å². The van der Waals surface area contributed by atoms with Gasteiger partial charge < -0.3 is 15.8 Å². The van der Waals surface area contributed by atoms with Gasteiger partial charge in [-0.1, -0.05) is 12.2 Å². The van der Waals surface area contributed by atoms with Crippen LogP contribution in [0.3, 0.4) is 0 Å². The molecule has 1 aromatic rings. The number of rotatable bonds is 8. The number of nitrogens with one attached hydrogen (secondary N) is 2. The molecule has 0 aliphatic heterocycles. The van der Waals surface area contributed by atoms with Crippen molar-refractivity contribution < 1.29 is 13.2 Å². The molecule has 0 aromatic heterocycles. The van der Waals surface area contributed by atoms with Gasteiger partial charge >= 0.3 is 0 Å². The molecule has 20 heavy (non-hydrogen) atoms. The van der Waals surface area contributed by atoms with Gasteiger partial charge in [-0.2, -0.15) is 0 Å². The van der Waals surface area contributed by atoms with E-state index < -0.39 is 10.0 Å². The predicted octanol–water partition coefficient (Wildman–Crippen LogP) is 1.18. The molecule has 0 heterocycles. The highest BCUT2D eigenvalue weighted by atomic mass is 32.2. The van der Waals surface area contributed by atoms with E-state index in [1.807, 2.05) is 6.92 Å². The van der Waals surface area contributed by atoms with E-state index in [0.717, 1.165) is 5.57 Å². The van der Waals surface area contributed by atoms with Crippen molar-refractivity contribution in [3.05, 3.63) is 30.4 Å². The molecule has 0 fully saturated rings. The summed E-state index contributed by atoms with van der Waals surface area (Å²) in [5.74, 6) is 0. The van der Waals surface area contributed by atoms with Crippen molar-refractivity contribution in [2.24, 2.45) is 0 Å². The smallest absolute Gasteiger partial charge is 0.240 e. The zero-order chi connectivity index (χ0) is 15.2. The third-order valence-corrected chi connectivity index (χ3v) is 3.92. The molecule has 4 N–H and O–H groups in total. The van der Waals surface area contributed by atoms with Crippen molar-refractivity contribution in [1.82, 2.24) is 4.72 Å². The second-order valence-corrected chi connectivity index (χ2v) is 6.28. The van der Waals surface area contributed by atoms with E-state index in [-0.39, 0.29) is 4.90 Å². The summed E-state index contributed by atoms with van der Waals surface area (Å²) in [6, 6.07) is 4.56. The minimum Gasteiger partial charge on any atom is -0.397 e. The van der Waals surface area contributed by atoms with Crippen LogP contribution in [0.2, 0.25) is 0 Å². The number of ether oxygens (including phenoxy) is 1. The maximum Gasteiger partial charge on any atom is 0.240 e. The minimum absolute atomic E-state index is 0.140. The first-order valence-electron chi connectivity index (χ1n) is 6.16. The van der Waals surface area contributed by atoms with Crippen LogP contribution in [0.4, 0.5) is 11.4 Å². The molecule has 0 saturated heterocycles. The summed E-state index contributed by atoms with van der Waals surface area (Å²) in [7, 11) is -2.11. The lowest BCUT2D eigenvalue weighted by molar-refractivity contribution is 0.167. The third-order valence-electron chi connectivity index (χ3n) is 2.51. The molecule has 0 unspecified atom stereocenters. The van der Waals surface area contributed by atoms with E-state index in [1.54, 1.807) is 6.07 Å². The Kier molecular flexibility index (Phi) is 6.00. The van der Waals surface area contributed by atoms with Crippen molar-refractivity contribution in [3.8, 4) is 0 Å². The second kappa shape index (κ2) is 7.28. The van der Waals surface area contributed by atoms with E-state index in [2.05, 4.69) is 16.6 Å². The molecule has 112 valence electrons. The molecule has 0 bridgehead atoms. The zero-order valence-corrected chi connectivity index (χ0v) is 12.6. The lowest BCUT2D eigenvalue weighted by atomic mass is 10.2. The van der Waals surface area contributed by atoms with Crippen LogP contribution in [-0.2, 0) is 14.8 Å². The highest BCUT2D eigenvalue weighted by molar-refractivity contribution is 7.89. The summed E-state index contributed by atoms with van der Waals surface area (Å²) in [5, 5.41) is 3.09. The number of nitrogen functional groups attached to an aromatic ring is 1. The Bertz CT molecular complexity index is 570. The summed E-state index contributed by atoms with van der Waals surface area (Å²) in [6.07, 6.45) is 0. The van der Waals surface area contributed by atoms with Crippen LogP contribution in [0.25, 0.3) is 0 Å². The molecule has 6 nitrogen and oxygen atoms in total. The Balaban J connectivity index is 2.59. The molecule has 0 radical (unpaired) electrons. The predicted molar refractivity (Wildman–Crippen MR) is 81.2 cm³/mol. The normalized spacial score (nSPS) is 11.3. The number of benzene rings is 1. The lowest BCUT2D eigenvalue weighted by Crippen LogP contribution is -2.19. The minimum atomic E-state index is -3.47. The number of anilines is 2. The molecular weight excluding hydrogens is 278 g/mol. The van der Waals surface area contributed by atoms with Gasteiger partial charge in [-0.05, 0) is 32.2 Å². The van der Waals surface area contributed by atoms with Gasteiger partial charge in [0.2, 0.25) is 10.0 Å². The highest BCUT2D eigenvalue weighted by Gasteiger charge is 2.12. The van der Waals surface area contributed by atoms with Crippen LogP contribution in [0.15, 0.2) is 35.2 Å². The standard InChI is InChI=1S/C13H21N3O3S/c1-10(2)9-19-7-6-16-13-5-4-11(8-12(13)14)20(17,18)15-3/h4-5,8,15-16H,1,6-7,9,14H2,2-3H3. The van der Waals surface area contributed by atoms with E-state index in [1.165, 1.54) is 19.2 Å². The van der Waals surface area contributed by atoms with Crippen LogP contribution < -0.4 is 15.8 Å². The fourth-order valence-electron chi connectivity index (χ4n) is 1.49. The molecular formula is C13H21N3O3S. The Morgan fingerprint density at radius 2 is 2.15 bits per heavy atom. The first-order chi connectivity index (χ1) is 9.36. The summed E-state index contributed by atoms with van der Waals surface area (Å²) in [5.41, 5.74) is 7.85. The average Bonchev–Trinajstić information content (AvgIpc) is 2.39. The molecule has 0 amide bonds. The van der Waals surface area contributed by atoms with Crippen molar-refractivity contribution in [2.45, 2.75) is 11.8 Å². The number of sulfonamides is 1. The van der Waals surface area contributed by atoms with Crippen molar-refractivity contribution in [2.75, 3.05) is 37.9 Å². The van der Waals surface area contributed by atoms with E-state index in [9.17, 15) is 8.42 Å². The first kappa shape index (κ1) is 16.5. The quantitative estimate of drug-likeness (QED) is 0.381. The molecule has 0 saturated carbocycles. The molecule has 0 aliphatic carbocycles. The first-order valence-corrected chi connectivity index (χ1v) is 7.64. The van der Waals surface area contributed by atoms with E-state index in [0.29, 0.717) is 31.1 Å². The van der Waals surface area contributed by atoms with Gasteiger partial charge in [-0.15, -0.1) is 0 Å². The second-order valence-electron chi connectivity index (χ2n) is 4.39.